The topological polar surface area (TPSA) is 43.4 Å². The van der Waals surface area contributed by atoms with Gasteiger partial charge in [0.05, 0.1) is 0 Å². The summed E-state index contributed by atoms with van der Waals surface area (Å²) in [5.41, 5.74) is 2.43. The molecule has 0 radical (unpaired) electrons. The third-order valence-electron chi connectivity index (χ3n) is 4.98. The number of carbonyl (C=O) groups is 2. The van der Waals surface area contributed by atoms with E-state index >= 15 is 0 Å². The molecule has 2 fully saturated rings. The van der Waals surface area contributed by atoms with Crippen molar-refractivity contribution in [2.45, 2.75) is 63.4 Å². The van der Waals surface area contributed by atoms with Crippen LogP contribution in [0.5, 0.6) is 0 Å². The van der Waals surface area contributed by atoms with Gasteiger partial charge >= 0.3 is 5.97 Å². The van der Waals surface area contributed by atoms with E-state index in [2.05, 4.69) is 0 Å². The number of aryl methyl sites for hydroxylation is 3. The summed E-state index contributed by atoms with van der Waals surface area (Å²) in [5, 5.41) is 0. The van der Waals surface area contributed by atoms with Crippen molar-refractivity contribution in [1.29, 1.82) is 0 Å². The average Bonchev–Trinajstić information content (AvgIpc) is 2.61. The van der Waals surface area contributed by atoms with Gasteiger partial charge in [-0.05, 0) is 63.1 Å². The highest BCUT2D eigenvalue weighted by Gasteiger charge is 2.65. The molecular formula is C18H21ClO3. The molecule has 0 bridgehead atoms. The summed E-state index contributed by atoms with van der Waals surface area (Å²) in [6.45, 7) is 5.78. The summed E-state index contributed by atoms with van der Waals surface area (Å²) in [5.74, 6) is -0.863. The van der Waals surface area contributed by atoms with Crippen LogP contribution in [0.2, 0.25) is 0 Å². The lowest BCUT2D eigenvalue weighted by Gasteiger charge is -2.30. The van der Waals surface area contributed by atoms with Crippen LogP contribution in [0.15, 0.2) is 12.1 Å². The number of ketones is 1. The number of rotatable bonds is 1. The highest BCUT2D eigenvalue weighted by atomic mass is 35.5. The molecule has 3 rings (SSSR count). The predicted molar refractivity (Wildman–Crippen MR) is 85.1 cm³/mol. The second-order valence-electron chi connectivity index (χ2n) is 6.71. The molecule has 1 unspecified atom stereocenters. The number of esters is 1. The van der Waals surface area contributed by atoms with Crippen molar-refractivity contribution in [2.24, 2.45) is 0 Å². The number of hydrogen-bond acceptors (Lipinski definition) is 3. The molecule has 1 aliphatic heterocycles. The summed E-state index contributed by atoms with van der Waals surface area (Å²) >= 11 is 6.66. The van der Waals surface area contributed by atoms with E-state index in [1.807, 2.05) is 32.9 Å². The van der Waals surface area contributed by atoms with Gasteiger partial charge in [0.2, 0.25) is 10.7 Å². The zero-order valence-electron chi connectivity index (χ0n) is 13.3. The first-order valence-corrected chi connectivity index (χ1v) is 8.25. The Morgan fingerprint density at radius 2 is 1.55 bits per heavy atom. The quantitative estimate of drug-likeness (QED) is 0.448. The maximum absolute atomic E-state index is 13.1. The highest BCUT2D eigenvalue weighted by molar-refractivity contribution is 6.48. The van der Waals surface area contributed by atoms with E-state index in [4.69, 9.17) is 16.3 Å². The van der Waals surface area contributed by atoms with Gasteiger partial charge < -0.3 is 4.74 Å². The molecule has 118 valence electrons. The smallest absolute Gasteiger partial charge is 0.340 e. The lowest BCUT2D eigenvalue weighted by atomic mass is 9.76. The average molecular weight is 321 g/mol. The summed E-state index contributed by atoms with van der Waals surface area (Å²) in [7, 11) is 0. The number of Topliss-reactive ketones (excluding diaryl/α,β-unsaturated/α-hetero) is 1. The maximum Gasteiger partial charge on any atom is 0.340 e. The van der Waals surface area contributed by atoms with Crippen molar-refractivity contribution >= 4 is 23.4 Å². The van der Waals surface area contributed by atoms with Gasteiger partial charge in [0.25, 0.3) is 0 Å². The van der Waals surface area contributed by atoms with Crippen molar-refractivity contribution < 1.29 is 14.3 Å². The molecular weight excluding hydrogens is 300 g/mol. The van der Waals surface area contributed by atoms with Crippen LogP contribution in [0.25, 0.3) is 0 Å². The highest BCUT2D eigenvalue weighted by Crippen LogP contribution is 2.50. The first-order valence-electron chi connectivity index (χ1n) is 7.87. The molecule has 1 heterocycles. The van der Waals surface area contributed by atoms with Crippen LogP contribution in [0.3, 0.4) is 0 Å². The first kappa shape index (κ1) is 15.5. The van der Waals surface area contributed by atoms with Gasteiger partial charge in [-0.15, -0.1) is 0 Å². The summed E-state index contributed by atoms with van der Waals surface area (Å²) in [6, 6.07) is 3.91. The molecule has 1 spiro atoms. The maximum atomic E-state index is 13.1. The molecule has 1 saturated heterocycles. The van der Waals surface area contributed by atoms with Crippen molar-refractivity contribution in [3.8, 4) is 0 Å². The monoisotopic (exact) mass is 320 g/mol. The zero-order chi connectivity index (χ0) is 16.1. The van der Waals surface area contributed by atoms with E-state index in [1.165, 1.54) is 0 Å². The number of ether oxygens (including phenoxy) is 1. The van der Waals surface area contributed by atoms with Crippen LogP contribution >= 0.6 is 11.6 Å². The van der Waals surface area contributed by atoms with Crippen molar-refractivity contribution in [3.05, 3.63) is 34.4 Å². The Bertz CT molecular complexity index is 635. The lowest BCUT2D eigenvalue weighted by Crippen LogP contribution is -2.43. The Hall–Kier alpha value is -1.35. The van der Waals surface area contributed by atoms with Gasteiger partial charge in [0.15, 0.2) is 5.60 Å². The fourth-order valence-electron chi connectivity index (χ4n) is 4.09. The van der Waals surface area contributed by atoms with Gasteiger partial charge in [-0.1, -0.05) is 35.7 Å². The number of hydrogen-bond donors (Lipinski definition) is 0. The fraction of sp³-hybridized carbons (Fsp3) is 0.556. The normalized spacial score (nSPS) is 27.3. The minimum atomic E-state index is -1.68. The van der Waals surface area contributed by atoms with E-state index in [0.717, 1.165) is 36.0 Å². The molecule has 1 saturated carbocycles. The number of benzene rings is 1. The summed E-state index contributed by atoms with van der Waals surface area (Å²) < 4.78 is 5.59. The molecule has 1 aromatic rings. The van der Waals surface area contributed by atoms with E-state index in [0.29, 0.717) is 18.4 Å². The van der Waals surface area contributed by atoms with Gasteiger partial charge in [-0.25, -0.2) is 4.79 Å². The molecule has 1 aromatic carbocycles. The minimum absolute atomic E-state index is 0.263. The van der Waals surface area contributed by atoms with Gasteiger partial charge in [-0.2, -0.15) is 0 Å². The molecule has 1 atom stereocenters. The zero-order valence-corrected chi connectivity index (χ0v) is 14.0. The summed E-state index contributed by atoms with van der Waals surface area (Å²) in [6.07, 6.45) is 4.06. The summed E-state index contributed by atoms with van der Waals surface area (Å²) in [4.78, 5) is 24.0. The molecule has 0 N–H and O–H groups in total. The fourth-order valence-corrected chi connectivity index (χ4v) is 4.60. The Morgan fingerprint density at radius 3 is 2.09 bits per heavy atom. The van der Waals surface area contributed by atoms with Crippen molar-refractivity contribution in [2.75, 3.05) is 0 Å². The molecule has 0 amide bonds. The molecule has 0 aromatic heterocycles. The second-order valence-corrected chi connectivity index (χ2v) is 7.27. The van der Waals surface area contributed by atoms with Gasteiger partial charge in [0.1, 0.15) is 0 Å². The number of carbonyl (C=O) groups excluding carboxylic acids is 2. The van der Waals surface area contributed by atoms with Crippen LogP contribution < -0.4 is 0 Å². The lowest BCUT2D eigenvalue weighted by molar-refractivity contribution is -0.155. The number of alkyl halides is 1. The third kappa shape index (κ3) is 2.02. The third-order valence-corrected chi connectivity index (χ3v) is 5.49. The van der Waals surface area contributed by atoms with Gasteiger partial charge in [-0.3, -0.25) is 4.79 Å². The molecule has 4 heteroatoms. The van der Waals surface area contributed by atoms with E-state index in [-0.39, 0.29) is 5.78 Å². The van der Waals surface area contributed by atoms with Crippen molar-refractivity contribution in [1.82, 2.24) is 0 Å². The number of halogens is 1. The van der Waals surface area contributed by atoms with E-state index in [9.17, 15) is 9.59 Å². The minimum Gasteiger partial charge on any atom is -0.449 e. The Kier molecular flexibility index (Phi) is 3.59. The Labute approximate surface area is 136 Å². The SMILES string of the molecule is Cc1cc(C)c(C2(Cl)C(=O)OC3(CCCCC3)C2=O)c(C)c1. The standard InChI is InChI=1S/C18H21ClO3/c1-11-9-12(2)14(13(3)10-11)18(19)15(20)17(22-16(18)21)7-5-4-6-8-17/h9-10H,4-8H2,1-3H3. The van der Waals surface area contributed by atoms with Crippen LogP contribution in [0.4, 0.5) is 0 Å². The Balaban J connectivity index is 2.14. The van der Waals surface area contributed by atoms with E-state index < -0.39 is 16.4 Å². The van der Waals surface area contributed by atoms with Crippen LogP contribution in [0.1, 0.15) is 54.4 Å². The molecule has 3 nitrogen and oxygen atoms in total. The van der Waals surface area contributed by atoms with Gasteiger partial charge in [0, 0.05) is 0 Å². The van der Waals surface area contributed by atoms with Crippen molar-refractivity contribution in [3.63, 3.8) is 0 Å². The largest absolute Gasteiger partial charge is 0.449 e. The molecule has 1 aliphatic carbocycles. The predicted octanol–water partition coefficient (Wildman–Crippen LogP) is 3.87. The Morgan fingerprint density at radius 1 is 1.00 bits per heavy atom. The van der Waals surface area contributed by atoms with Crippen LogP contribution in [-0.2, 0) is 19.2 Å². The molecule has 2 aliphatic rings. The molecule has 22 heavy (non-hydrogen) atoms. The second kappa shape index (κ2) is 5.09. The van der Waals surface area contributed by atoms with Crippen LogP contribution in [0, 0.1) is 20.8 Å². The first-order chi connectivity index (χ1) is 10.3. The van der Waals surface area contributed by atoms with E-state index in [1.54, 1.807) is 0 Å². The van der Waals surface area contributed by atoms with Crippen LogP contribution in [-0.4, -0.2) is 17.4 Å².